The molecule has 0 saturated heterocycles. The molecule has 0 amide bonds. The number of fused-ring (bicyclic) bond motifs is 1. The molecule has 12 heteroatoms. The van der Waals surface area contributed by atoms with Crippen LogP contribution < -0.4 is 29.1 Å². The van der Waals surface area contributed by atoms with Crippen LogP contribution in [0.5, 0.6) is 17.2 Å². The van der Waals surface area contributed by atoms with Crippen LogP contribution in [-0.4, -0.2) is 30.4 Å². The topological polar surface area (TPSA) is 88.4 Å². The van der Waals surface area contributed by atoms with Gasteiger partial charge in [-0.1, -0.05) is 52.7 Å². The number of halogens is 3. The molecule has 1 aromatic heterocycles. The summed E-state index contributed by atoms with van der Waals surface area (Å²) in [5.74, 6) is 0.971. The lowest BCUT2D eigenvalue weighted by molar-refractivity contribution is -0.139. The van der Waals surface area contributed by atoms with E-state index in [2.05, 4.69) is 20.9 Å². The van der Waals surface area contributed by atoms with Gasteiger partial charge in [0.15, 0.2) is 16.3 Å². The van der Waals surface area contributed by atoms with Crippen LogP contribution in [0.4, 0.5) is 0 Å². The first-order valence-electron chi connectivity index (χ1n) is 14.4. The zero-order valence-electron chi connectivity index (χ0n) is 25.7. The molecule has 0 aliphatic carbocycles. The van der Waals surface area contributed by atoms with Crippen LogP contribution in [0.3, 0.4) is 0 Å². The van der Waals surface area contributed by atoms with Crippen LogP contribution in [0.2, 0.25) is 10.0 Å². The molecule has 240 valence electrons. The van der Waals surface area contributed by atoms with Crippen molar-refractivity contribution >= 4 is 62.5 Å². The molecule has 0 fully saturated rings. The molecule has 2 heterocycles. The monoisotopic (exact) mass is 744 g/mol. The quantitative estimate of drug-likeness (QED) is 0.159. The number of methoxy groups -OCH3 is 1. The van der Waals surface area contributed by atoms with Gasteiger partial charge in [-0.05, 0) is 97.2 Å². The van der Waals surface area contributed by atoms with E-state index in [0.29, 0.717) is 57.9 Å². The number of allylic oxidation sites excluding steroid dienone is 1. The van der Waals surface area contributed by atoms with E-state index < -0.39 is 12.0 Å². The molecule has 4 aromatic rings. The van der Waals surface area contributed by atoms with E-state index in [-0.39, 0.29) is 30.5 Å². The van der Waals surface area contributed by atoms with Crippen LogP contribution >= 0.6 is 50.5 Å². The summed E-state index contributed by atoms with van der Waals surface area (Å²) in [6.45, 7) is 7.74. The Labute approximate surface area is 288 Å². The Balaban J connectivity index is 1.66. The van der Waals surface area contributed by atoms with Gasteiger partial charge in [0.1, 0.15) is 12.4 Å². The van der Waals surface area contributed by atoms with Gasteiger partial charge in [0, 0.05) is 15.6 Å². The first-order valence-corrected chi connectivity index (χ1v) is 16.8. The highest BCUT2D eigenvalue weighted by Crippen LogP contribution is 2.37. The fraction of sp³-hybridized carbons (Fsp3) is 0.265. The van der Waals surface area contributed by atoms with Crippen LogP contribution in [0, 0.1) is 0 Å². The molecule has 0 saturated carbocycles. The highest BCUT2D eigenvalue weighted by Gasteiger charge is 2.34. The van der Waals surface area contributed by atoms with E-state index in [1.165, 1.54) is 15.9 Å². The molecule has 1 atom stereocenters. The Bertz CT molecular complexity index is 2000. The Kier molecular flexibility index (Phi) is 10.6. The second kappa shape index (κ2) is 14.5. The second-order valence-corrected chi connectivity index (χ2v) is 13.3. The van der Waals surface area contributed by atoms with Gasteiger partial charge < -0.3 is 18.9 Å². The summed E-state index contributed by atoms with van der Waals surface area (Å²) in [4.78, 5) is 32.7. The third-order valence-electron chi connectivity index (χ3n) is 7.00. The molecule has 0 radical (unpaired) electrons. The summed E-state index contributed by atoms with van der Waals surface area (Å²) in [6, 6.07) is 15.3. The smallest absolute Gasteiger partial charge is 0.338 e. The number of carbonyl (C=O) groups is 1. The maximum atomic E-state index is 14.2. The molecule has 8 nitrogen and oxygen atoms in total. The lowest BCUT2D eigenvalue weighted by atomic mass is 9.95. The summed E-state index contributed by atoms with van der Waals surface area (Å²) < 4.78 is 25.7. The molecule has 0 unspecified atom stereocenters. The van der Waals surface area contributed by atoms with Crippen molar-refractivity contribution in [2.45, 2.75) is 46.4 Å². The van der Waals surface area contributed by atoms with Crippen molar-refractivity contribution in [1.29, 1.82) is 0 Å². The van der Waals surface area contributed by atoms with Gasteiger partial charge in [-0.2, -0.15) is 0 Å². The summed E-state index contributed by atoms with van der Waals surface area (Å²) >= 11 is 17.2. The van der Waals surface area contributed by atoms with Crippen molar-refractivity contribution in [3.05, 3.63) is 117 Å². The third-order valence-corrected chi connectivity index (χ3v) is 9.05. The number of ether oxygens (including phenoxy) is 4. The lowest BCUT2D eigenvalue weighted by Gasteiger charge is -2.25. The molecular formula is C34H31BrCl2N2O6S. The average Bonchev–Trinajstić information content (AvgIpc) is 3.30. The molecule has 1 aliphatic rings. The minimum atomic E-state index is -0.828. The van der Waals surface area contributed by atoms with Gasteiger partial charge in [-0.25, -0.2) is 9.79 Å². The molecular weight excluding hydrogens is 715 g/mol. The number of benzene rings is 3. The maximum Gasteiger partial charge on any atom is 0.338 e. The first kappa shape index (κ1) is 33.8. The Hall–Kier alpha value is -3.57. The van der Waals surface area contributed by atoms with Crippen LogP contribution in [0.25, 0.3) is 6.08 Å². The predicted molar refractivity (Wildman–Crippen MR) is 184 cm³/mol. The summed E-state index contributed by atoms with van der Waals surface area (Å²) in [5, 5.41) is 1.09. The number of rotatable bonds is 10. The normalized spacial score (nSPS) is 14.6. The largest absolute Gasteiger partial charge is 0.493 e. The Morgan fingerprint density at radius 1 is 1.09 bits per heavy atom. The summed E-state index contributed by atoms with van der Waals surface area (Å²) in [6.07, 6.45) is 1.64. The fourth-order valence-electron chi connectivity index (χ4n) is 5.03. The van der Waals surface area contributed by atoms with E-state index in [0.717, 1.165) is 5.56 Å². The van der Waals surface area contributed by atoms with Crippen LogP contribution in [0.15, 0.2) is 80.1 Å². The third kappa shape index (κ3) is 7.20. The molecule has 1 aliphatic heterocycles. The molecule has 0 N–H and O–H groups in total. The van der Waals surface area contributed by atoms with Crippen molar-refractivity contribution in [2.24, 2.45) is 4.99 Å². The zero-order chi connectivity index (χ0) is 33.1. The van der Waals surface area contributed by atoms with E-state index >= 15 is 0 Å². The number of aromatic nitrogens is 1. The molecule has 46 heavy (non-hydrogen) atoms. The maximum absolute atomic E-state index is 14.2. The summed E-state index contributed by atoms with van der Waals surface area (Å²) in [7, 11) is 1.54. The predicted octanol–water partition coefficient (Wildman–Crippen LogP) is 7.24. The van der Waals surface area contributed by atoms with E-state index in [1.807, 2.05) is 32.0 Å². The van der Waals surface area contributed by atoms with Crippen molar-refractivity contribution in [3.8, 4) is 17.2 Å². The van der Waals surface area contributed by atoms with E-state index in [9.17, 15) is 9.59 Å². The standard InChI is InChI=1S/C34H31BrCl2N2O6S/c1-6-43-33(41)29-19(4)38-34-39(30(29)21-9-12-26(45-18(2)3)27(14-21)42-5)32(40)28(46-34)15-22-13-24(37)16-25(35)31(22)44-17-20-7-10-23(36)11-8-20/h7-16,18,30H,6,17H2,1-5H3/b28-15+/t30-/m0/s1. The van der Waals surface area contributed by atoms with Crippen LogP contribution in [-0.2, 0) is 16.1 Å². The fourth-order valence-corrected chi connectivity index (χ4v) is 7.14. The number of carbonyl (C=O) groups excluding carboxylic acids is 1. The summed E-state index contributed by atoms with van der Waals surface area (Å²) in [5.41, 5.74) is 2.51. The van der Waals surface area contributed by atoms with Crippen molar-refractivity contribution in [2.75, 3.05) is 13.7 Å². The van der Waals surface area contributed by atoms with Crippen molar-refractivity contribution < 1.29 is 23.7 Å². The van der Waals surface area contributed by atoms with Crippen LogP contribution in [0.1, 0.15) is 50.4 Å². The number of hydrogen-bond acceptors (Lipinski definition) is 8. The van der Waals surface area contributed by atoms with Gasteiger partial charge in [0.2, 0.25) is 0 Å². The highest BCUT2D eigenvalue weighted by atomic mass is 79.9. The van der Waals surface area contributed by atoms with Crippen molar-refractivity contribution in [3.63, 3.8) is 0 Å². The molecule has 5 rings (SSSR count). The number of nitrogens with zero attached hydrogens (tertiary/aromatic N) is 2. The Morgan fingerprint density at radius 3 is 2.50 bits per heavy atom. The first-order chi connectivity index (χ1) is 22.0. The van der Waals surface area contributed by atoms with Gasteiger partial charge in [-0.15, -0.1) is 0 Å². The molecule has 0 spiro atoms. The Morgan fingerprint density at radius 2 is 1.83 bits per heavy atom. The second-order valence-electron chi connectivity index (χ2n) is 10.6. The minimum absolute atomic E-state index is 0.0822. The van der Waals surface area contributed by atoms with E-state index in [1.54, 1.807) is 63.4 Å². The van der Waals surface area contributed by atoms with Gasteiger partial charge in [0.05, 0.1) is 46.1 Å². The molecule has 0 bridgehead atoms. The SMILES string of the molecule is CCOC(=O)C1=C(C)N=c2s/c(=C/c3cc(Cl)cc(Br)c3OCc3ccc(Cl)cc3)c(=O)n2[C@H]1c1ccc(OC(C)C)c(OC)c1. The average molecular weight is 747 g/mol. The lowest BCUT2D eigenvalue weighted by Crippen LogP contribution is -2.40. The van der Waals surface area contributed by atoms with Gasteiger partial charge >= 0.3 is 5.97 Å². The molecule has 3 aromatic carbocycles. The van der Waals surface area contributed by atoms with Crippen molar-refractivity contribution in [1.82, 2.24) is 4.57 Å². The van der Waals surface area contributed by atoms with Gasteiger partial charge in [-0.3, -0.25) is 9.36 Å². The minimum Gasteiger partial charge on any atom is -0.493 e. The van der Waals surface area contributed by atoms with Gasteiger partial charge in [0.25, 0.3) is 5.56 Å². The zero-order valence-corrected chi connectivity index (χ0v) is 29.6. The number of hydrogen-bond donors (Lipinski definition) is 0. The van der Waals surface area contributed by atoms with E-state index in [4.69, 9.17) is 42.1 Å². The number of esters is 1. The highest BCUT2D eigenvalue weighted by molar-refractivity contribution is 9.10. The number of thiazole rings is 1.